The predicted molar refractivity (Wildman–Crippen MR) is 131 cm³/mol. The SMILES string of the molecule is [C-]#[N+]c1ccc(N2C(=O)N(CCCOc3ccc(-c4ccncc4F)cc3)C(C)(C)C2=O)cc1Cl. The van der Waals surface area contributed by atoms with Crippen molar-refractivity contribution < 1.29 is 18.7 Å². The molecule has 0 aliphatic carbocycles. The second kappa shape index (κ2) is 9.72. The van der Waals surface area contributed by atoms with Crippen molar-refractivity contribution >= 4 is 34.9 Å². The normalized spacial score (nSPS) is 14.8. The number of nitrogens with zero attached hydrogens (tertiary/aromatic N) is 4. The van der Waals surface area contributed by atoms with E-state index in [4.69, 9.17) is 22.9 Å². The Hall–Kier alpha value is -3.96. The zero-order valence-corrected chi connectivity index (χ0v) is 19.9. The summed E-state index contributed by atoms with van der Waals surface area (Å²) in [4.78, 5) is 35.8. The van der Waals surface area contributed by atoms with Crippen LogP contribution in [0.3, 0.4) is 0 Å². The fourth-order valence-corrected chi connectivity index (χ4v) is 4.13. The van der Waals surface area contributed by atoms with Crippen LogP contribution >= 0.6 is 11.6 Å². The van der Waals surface area contributed by atoms with Crippen molar-refractivity contribution in [2.75, 3.05) is 18.1 Å². The lowest BCUT2D eigenvalue weighted by molar-refractivity contribution is -0.123. The van der Waals surface area contributed by atoms with E-state index in [2.05, 4.69) is 9.83 Å². The summed E-state index contributed by atoms with van der Waals surface area (Å²) in [7, 11) is 0. The molecule has 1 saturated heterocycles. The topological polar surface area (TPSA) is 67.1 Å². The van der Waals surface area contributed by atoms with Crippen LogP contribution in [0.25, 0.3) is 16.0 Å². The van der Waals surface area contributed by atoms with Crippen LogP contribution in [0.5, 0.6) is 5.75 Å². The van der Waals surface area contributed by atoms with Gasteiger partial charge in [-0.2, -0.15) is 0 Å². The third kappa shape index (κ3) is 4.68. The van der Waals surface area contributed by atoms with Gasteiger partial charge in [0.15, 0.2) is 0 Å². The number of halogens is 2. The third-order valence-electron chi connectivity index (χ3n) is 5.87. The molecule has 0 atom stereocenters. The first kappa shape index (κ1) is 24.2. The number of anilines is 1. The highest BCUT2D eigenvalue weighted by molar-refractivity contribution is 6.34. The number of hydrogen-bond donors (Lipinski definition) is 0. The van der Waals surface area contributed by atoms with Crippen LogP contribution in [0.2, 0.25) is 5.02 Å². The van der Waals surface area contributed by atoms with E-state index < -0.39 is 17.4 Å². The highest BCUT2D eigenvalue weighted by Crippen LogP contribution is 2.36. The number of aromatic nitrogens is 1. The molecule has 0 bridgehead atoms. The molecule has 1 fully saturated rings. The summed E-state index contributed by atoms with van der Waals surface area (Å²) in [5.41, 5.74) is 0.709. The minimum atomic E-state index is -1.04. The Kier molecular flexibility index (Phi) is 6.72. The van der Waals surface area contributed by atoms with Crippen molar-refractivity contribution in [1.82, 2.24) is 9.88 Å². The number of benzene rings is 2. The number of ether oxygens (including phenoxy) is 1. The Morgan fingerprint density at radius 1 is 1.14 bits per heavy atom. The van der Waals surface area contributed by atoms with E-state index in [1.165, 1.54) is 29.4 Å². The van der Waals surface area contributed by atoms with Crippen molar-refractivity contribution in [1.29, 1.82) is 0 Å². The number of carbonyl (C=O) groups is 2. The summed E-state index contributed by atoms with van der Waals surface area (Å²) in [6.45, 7) is 11.1. The molecule has 0 N–H and O–H groups in total. The zero-order valence-electron chi connectivity index (χ0n) is 19.2. The van der Waals surface area contributed by atoms with E-state index in [-0.39, 0.29) is 16.6 Å². The Morgan fingerprint density at radius 2 is 1.89 bits per heavy atom. The van der Waals surface area contributed by atoms with Crippen LogP contribution in [0, 0.1) is 12.4 Å². The molecule has 178 valence electrons. The molecule has 3 amide bonds. The van der Waals surface area contributed by atoms with Crippen molar-refractivity contribution in [3.05, 3.63) is 83.2 Å². The molecule has 3 aromatic rings. The number of hydrogen-bond acceptors (Lipinski definition) is 4. The number of urea groups is 1. The molecule has 1 aliphatic heterocycles. The maximum Gasteiger partial charge on any atom is 0.332 e. The molecule has 0 saturated carbocycles. The summed E-state index contributed by atoms with van der Waals surface area (Å²) in [6.07, 6.45) is 3.20. The number of pyridine rings is 1. The van der Waals surface area contributed by atoms with E-state index in [9.17, 15) is 14.0 Å². The number of carbonyl (C=O) groups excluding carboxylic acids is 2. The molecule has 2 aromatic carbocycles. The molecular formula is C26H22ClFN4O3. The van der Waals surface area contributed by atoms with Gasteiger partial charge in [-0.1, -0.05) is 29.8 Å². The first-order valence-electron chi connectivity index (χ1n) is 10.9. The lowest BCUT2D eigenvalue weighted by Gasteiger charge is -2.27. The molecule has 0 radical (unpaired) electrons. The average molecular weight is 493 g/mol. The second-order valence-electron chi connectivity index (χ2n) is 8.46. The van der Waals surface area contributed by atoms with Gasteiger partial charge in [-0.15, -0.1) is 0 Å². The van der Waals surface area contributed by atoms with Gasteiger partial charge in [-0.05, 0) is 56.2 Å². The van der Waals surface area contributed by atoms with Gasteiger partial charge in [-0.25, -0.2) is 18.9 Å². The van der Waals surface area contributed by atoms with E-state index in [0.29, 0.717) is 42.1 Å². The first-order valence-corrected chi connectivity index (χ1v) is 11.3. The van der Waals surface area contributed by atoms with Gasteiger partial charge >= 0.3 is 6.03 Å². The van der Waals surface area contributed by atoms with Crippen LogP contribution < -0.4 is 9.64 Å². The average Bonchev–Trinajstić information content (AvgIpc) is 3.01. The Bertz CT molecular complexity index is 1320. The molecule has 7 nitrogen and oxygen atoms in total. The maximum atomic E-state index is 13.9. The number of rotatable bonds is 7. The van der Waals surface area contributed by atoms with Gasteiger partial charge in [0.05, 0.1) is 25.1 Å². The van der Waals surface area contributed by atoms with Gasteiger partial charge in [0, 0.05) is 23.3 Å². The molecule has 1 aliphatic rings. The third-order valence-corrected chi connectivity index (χ3v) is 6.17. The summed E-state index contributed by atoms with van der Waals surface area (Å²) in [6, 6.07) is 12.7. The first-order chi connectivity index (χ1) is 16.7. The quantitative estimate of drug-likeness (QED) is 0.227. The van der Waals surface area contributed by atoms with Gasteiger partial charge in [-0.3, -0.25) is 9.78 Å². The fraction of sp³-hybridized carbons (Fsp3) is 0.231. The van der Waals surface area contributed by atoms with Crippen LogP contribution in [0.15, 0.2) is 60.9 Å². The molecule has 2 heterocycles. The highest BCUT2D eigenvalue weighted by atomic mass is 35.5. The summed E-state index contributed by atoms with van der Waals surface area (Å²) >= 11 is 6.11. The van der Waals surface area contributed by atoms with Crippen LogP contribution in [-0.4, -0.2) is 40.5 Å². The van der Waals surface area contributed by atoms with Gasteiger partial charge in [0.25, 0.3) is 5.91 Å². The Labute approximate surface area is 207 Å². The van der Waals surface area contributed by atoms with E-state index in [0.717, 1.165) is 4.90 Å². The van der Waals surface area contributed by atoms with Gasteiger partial charge < -0.3 is 9.64 Å². The van der Waals surface area contributed by atoms with Gasteiger partial charge in [0.2, 0.25) is 5.69 Å². The molecule has 0 unspecified atom stereocenters. The highest BCUT2D eigenvalue weighted by Gasteiger charge is 2.51. The van der Waals surface area contributed by atoms with Crippen LogP contribution in [0.4, 0.5) is 20.6 Å². The molecule has 35 heavy (non-hydrogen) atoms. The summed E-state index contributed by atoms with van der Waals surface area (Å²) in [5.74, 6) is -0.149. The number of imide groups is 1. The van der Waals surface area contributed by atoms with Crippen molar-refractivity contribution in [2.45, 2.75) is 25.8 Å². The van der Waals surface area contributed by atoms with Gasteiger partial charge in [0.1, 0.15) is 17.1 Å². The molecule has 0 spiro atoms. The Balaban J connectivity index is 1.37. The van der Waals surface area contributed by atoms with Crippen molar-refractivity contribution in [3.8, 4) is 16.9 Å². The number of amides is 3. The lowest BCUT2D eigenvalue weighted by Crippen LogP contribution is -2.44. The lowest BCUT2D eigenvalue weighted by atomic mass is 10.0. The minimum Gasteiger partial charge on any atom is -0.494 e. The van der Waals surface area contributed by atoms with Crippen LogP contribution in [-0.2, 0) is 4.79 Å². The smallest absolute Gasteiger partial charge is 0.332 e. The largest absolute Gasteiger partial charge is 0.494 e. The van der Waals surface area contributed by atoms with Crippen LogP contribution in [0.1, 0.15) is 20.3 Å². The second-order valence-corrected chi connectivity index (χ2v) is 8.87. The predicted octanol–water partition coefficient (Wildman–Crippen LogP) is 6.11. The van der Waals surface area contributed by atoms with E-state index >= 15 is 0 Å². The maximum absolute atomic E-state index is 13.9. The minimum absolute atomic E-state index is 0.181. The van der Waals surface area contributed by atoms with Crippen molar-refractivity contribution in [3.63, 3.8) is 0 Å². The standard InChI is InChI=1S/C26H22ClFN4O3/c1-26(2)24(33)32(18-7-10-23(29-3)21(27)15-18)25(34)31(26)13-4-14-35-19-8-5-17(6-9-19)20-11-12-30-16-22(20)28/h5-12,15-16H,4,13-14H2,1-2H3. The molecular weight excluding hydrogens is 471 g/mol. The summed E-state index contributed by atoms with van der Waals surface area (Å²) < 4.78 is 19.7. The van der Waals surface area contributed by atoms with E-state index in [1.807, 2.05) is 0 Å². The molecule has 1 aromatic heterocycles. The molecule has 4 rings (SSSR count). The summed E-state index contributed by atoms with van der Waals surface area (Å²) in [5, 5.41) is 0.181. The monoisotopic (exact) mass is 492 g/mol. The fourth-order valence-electron chi connectivity index (χ4n) is 3.92. The van der Waals surface area contributed by atoms with E-state index in [1.54, 1.807) is 50.2 Å². The zero-order chi connectivity index (χ0) is 25.2. The Morgan fingerprint density at radius 3 is 2.54 bits per heavy atom. The van der Waals surface area contributed by atoms with Crippen molar-refractivity contribution in [2.24, 2.45) is 0 Å². The molecule has 9 heteroatoms.